The lowest BCUT2D eigenvalue weighted by Gasteiger charge is -2.14. The van der Waals surface area contributed by atoms with E-state index in [9.17, 15) is 27.6 Å². The molecular formula is C18H17F3N2O4. The Morgan fingerprint density at radius 3 is 2.22 bits per heavy atom. The number of alkyl halides is 3. The van der Waals surface area contributed by atoms with E-state index in [4.69, 9.17) is 4.74 Å². The highest BCUT2D eigenvalue weighted by atomic mass is 19.4. The van der Waals surface area contributed by atoms with Crippen molar-refractivity contribution in [2.45, 2.75) is 26.1 Å². The number of benzene rings is 1. The lowest BCUT2D eigenvalue weighted by Crippen LogP contribution is -2.30. The normalized spacial score (nSPS) is 12.4. The Balaban J connectivity index is 2.01. The fourth-order valence-electron chi connectivity index (χ4n) is 2.22. The van der Waals surface area contributed by atoms with E-state index in [1.54, 1.807) is 7.05 Å². The number of halogens is 3. The Morgan fingerprint density at radius 1 is 1.15 bits per heavy atom. The number of carbonyl (C=O) groups is 3. The number of esters is 1. The number of aryl methyl sites for hydroxylation is 1. The molecule has 1 heterocycles. The van der Waals surface area contributed by atoms with Crippen LogP contribution in [-0.4, -0.2) is 28.3 Å². The molecule has 2 rings (SSSR count). The molecule has 1 amide bonds. The van der Waals surface area contributed by atoms with Gasteiger partial charge in [-0.25, -0.2) is 4.79 Å². The lowest BCUT2D eigenvalue weighted by molar-refractivity contribution is -0.137. The number of carbonyl (C=O) groups excluding carboxylic acids is 3. The third-order valence-electron chi connectivity index (χ3n) is 3.75. The summed E-state index contributed by atoms with van der Waals surface area (Å²) in [6, 6.07) is 5.22. The van der Waals surface area contributed by atoms with Gasteiger partial charge in [-0.3, -0.25) is 9.59 Å². The third kappa shape index (κ3) is 4.96. The average Bonchev–Trinajstić information content (AvgIpc) is 2.96. The largest absolute Gasteiger partial charge is 0.448 e. The molecular weight excluding hydrogens is 365 g/mol. The predicted octanol–water partition coefficient (Wildman–Crippen LogP) is 3.43. The number of Topliss-reactive ketones (excluding diaryl/α,β-unsaturated/α-hetero) is 1. The first-order valence-corrected chi connectivity index (χ1v) is 7.85. The third-order valence-corrected chi connectivity index (χ3v) is 3.75. The molecule has 1 aromatic carbocycles. The van der Waals surface area contributed by atoms with E-state index in [1.807, 2.05) is 0 Å². The molecule has 0 unspecified atom stereocenters. The van der Waals surface area contributed by atoms with Gasteiger partial charge in [-0.15, -0.1) is 0 Å². The van der Waals surface area contributed by atoms with Gasteiger partial charge in [-0.1, -0.05) is 0 Å². The van der Waals surface area contributed by atoms with E-state index in [1.165, 1.54) is 30.7 Å². The maximum atomic E-state index is 12.5. The summed E-state index contributed by atoms with van der Waals surface area (Å²) in [5.41, 5.74) is -0.292. The standard InChI is InChI=1S/C18H17F3N2O4/c1-10(24)12-8-15(23(3)9-12)17(26)27-11(2)16(25)22-14-6-4-13(5-7-14)18(19,20)21/h4-9,11H,1-3H3,(H,22,25)/t11-/m1/s1. The van der Waals surface area contributed by atoms with Crippen molar-refractivity contribution in [3.8, 4) is 0 Å². The zero-order chi connectivity index (χ0) is 20.4. The van der Waals surface area contributed by atoms with Crippen LogP contribution in [0.1, 0.15) is 40.3 Å². The van der Waals surface area contributed by atoms with Crippen molar-refractivity contribution in [2.24, 2.45) is 7.05 Å². The minimum Gasteiger partial charge on any atom is -0.448 e. The highest BCUT2D eigenvalue weighted by Gasteiger charge is 2.30. The molecule has 27 heavy (non-hydrogen) atoms. The molecule has 0 aliphatic carbocycles. The van der Waals surface area contributed by atoms with Gasteiger partial charge < -0.3 is 14.6 Å². The van der Waals surface area contributed by atoms with Gasteiger partial charge in [0.05, 0.1) is 5.56 Å². The second-order valence-corrected chi connectivity index (χ2v) is 5.89. The van der Waals surface area contributed by atoms with E-state index < -0.39 is 29.7 Å². The molecule has 0 spiro atoms. The van der Waals surface area contributed by atoms with Gasteiger partial charge in [0.15, 0.2) is 11.9 Å². The Morgan fingerprint density at radius 2 is 1.74 bits per heavy atom. The summed E-state index contributed by atoms with van der Waals surface area (Å²) < 4.78 is 44.1. The highest BCUT2D eigenvalue weighted by Crippen LogP contribution is 2.29. The summed E-state index contributed by atoms with van der Waals surface area (Å²) in [6.45, 7) is 2.68. The number of nitrogens with one attached hydrogen (secondary N) is 1. The Bertz CT molecular complexity index is 870. The van der Waals surface area contributed by atoms with Crippen molar-refractivity contribution in [3.63, 3.8) is 0 Å². The van der Waals surface area contributed by atoms with Gasteiger partial charge >= 0.3 is 12.1 Å². The molecule has 2 aromatic rings. The molecule has 1 atom stereocenters. The van der Waals surface area contributed by atoms with Gasteiger partial charge in [-0.05, 0) is 44.2 Å². The number of amides is 1. The molecule has 1 aromatic heterocycles. The van der Waals surface area contributed by atoms with Crippen molar-refractivity contribution < 1.29 is 32.3 Å². The van der Waals surface area contributed by atoms with Crippen LogP contribution in [0.15, 0.2) is 36.5 Å². The summed E-state index contributed by atoms with van der Waals surface area (Å²) >= 11 is 0. The van der Waals surface area contributed by atoms with Gasteiger partial charge in [-0.2, -0.15) is 13.2 Å². The van der Waals surface area contributed by atoms with Crippen LogP contribution in [0, 0.1) is 0 Å². The zero-order valence-electron chi connectivity index (χ0n) is 14.8. The number of ketones is 1. The Labute approximate surface area is 152 Å². The lowest BCUT2D eigenvalue weighted by atomic mass is 10.2. The van der Waals surface area contributed by atoms with Gasteiger partial charge in [0, 0.05) is 24.5 Å². The van der Waals surface area contributed by atoms with E-state index in [0.717, 1.165) is 24.3 Å². The van der Waals surface area contributed by atoms with E-state index >= 15 is 0 Å². The van der Waals surface area contributed by atoms with E-state index in [-0.39, 0.29) is 17.2 Å². The molecule has 0 aliphatic rings. The fraction of sp³-hybridized carbons (Fsp3) is 0.278. The quantitative estimate of drug-likeness (QED) is 0.635. The first kappa shape index (κ1) is 20.2. The Hall–Kier alpha value is -3.10. The number of ether oxygens (including phenoxy) is 1. The molecule has 0 saturated heterocycles. The van der Waals surface area contributed by atoms with Crippen LogP contribution in [0.2, 0.25) is 0 Å². The van der Waals surface area contributed by atoms with Crippen molar-refractivity contribution in [3.05, 3.63) is 53.3 Å². The number of aromatic nitrogens is 1. The van der Waals surface area contributed by atoms with Gasteiger partial charge in [0.1, 0.15) is 5.69 Å². The monoisotopic (exact) mass is 382 g/mol. The fourth-order valence-corrected chi connectivity index (χ4v) is 2.22. The van der Waals surface area contributed by atoms with Crippen molar-refractivity contribution >= 4 is 23.3 Å². The first-order valence-electron chi connectivity index (χ1n) is 7.85. The molecule has 0 saturated carbocycles. The summed E-state index contributed by atoms with van der Waals surface area (Å²) in [5.74, 6) is -1.73. The molecule has 1 N–H and O–H groups in total. The van der Waals surface area contributed by atoms with Crippen LogP contribution in [0.5, 0.6) is 0 Å². The minimum atomic E-state index is -4.47. The topological polar surface area (TPSA) is 77.4 Å². The number of hydrogen-bond acceptors (Lipinski definition) is 4. The van der Waals surface area contributed by atoms with Gasteiger partial charge in [0.25, 0.3) is 5.91 Å². The summed E-state index contributed by atoms with van der Waals surface area (Å²) in [4.78, 5) is 35.6. The number of anilines is 1. The molecule has 0 aliphatic heterocycles. The second-order valence-electron chi connectivity index (χ2n) is 5.89. The highest BCUT2D eigenvalue weighted by molar-refractivity contribution is 5.99. The van der Waals surface area contributed by atoms with Crippen LogP contribution in [0.3, 0.4) is 0 Å². The number of rotatable bonds is 5. The van der Waals surface area contributed by atoms with E-state index in [2.05, 4.69) is 5.32 Å². The molecule has 6 nitrogen and oxygen atoms in total. The van der Waals surface area contributed by atoms with Crippen molar-refractivity contribution in [1.82, 2.24) is 4.57 Å². The van der Waals surface area contributed by atoms with Crippen molar-refractivity contribution in [1.29, 1.82) is 0 Å². The number of nitrogens with zero attached hydrogens (tertiary/aromatic N) is 1. The predicted molar refractivity (Wildman–Crippen MR) is 90.4 cm³/mol. The van der Waals surface area contributed by atoms with Crippen molar-refractivity contribution in [2.75, 3.05) is 5.32 Å². The molecule has 9 heteroatoms. The maximum Gasteiger partial charge on any atom is 0.416 e. The second kappa shape index (κ2) is 7.65. The summed E-state index contributed by atoms with van der Waals surface area (Å²) in [5, 5.41) is 2.37. The van der Waals surface area contributed by atoms with Crippen LogP contribution in [0.25, 0.3) is 0 Å². The van der Waals surface area contributed by atoms with E-state index in [0.29, 0.717) is 5.56 Å². The molecule has 0 bridgehead atoms. The summed E-state index contributed by atoms with van der Waals surface area (Å²) in [7, 11) is 1.55. The van der Waals surface area contributed by atoms with Crippen LogP contribution < -0.4 is 5.32 Å². The first-order chi connectivity index (χ1) is 12.5. The Kier molecular flexibility index (Phi) is 5.72. The molecule has 0 radical (unpaired) electrons. The van der Waals surface area contributed by atoms with Crippen LogP contribution in [0.4, 0.5) is 18.9 Å². The minimum absolute atomic E-state index is 0.0920. The summed E-state index contributed by atoms with van der Waals surface area (Å²) in [6.07, 6.45) is -4.21. The molecule has 0 fully saturated rings. The van der Waals surface area contributed by atoms with Crippen LogP contribution in [-0.2, 0) is 22.8 Å². The maximum absolute atomic E-state index is 12.5. The molecule has 144 valence electrons. The number of hydrogen-bond donors (Lipinski definition) is 1. The van der Waals surface area contributed by atoms with Gasteiger partial charge in [0.2, 0.25) is 0 Å². The SMILES string of the molecule is CC(=O)c1cc(C(=O)O[C@H](C)C(=O)Nc2ccc(C(F)(F)F)cc2)n(C)c1. The van der Waals surface area contributed by atoms with Crippen LogP contribution >= 0.6 is 0 Å². The average molecular weight is 382 g/mol. The zero-order valence-corrected chi connectivity index (χ0v) is 14.8. The smallest absolute Gasteiger partial charge is 0.416 e.